The van der Waals surface area contributed by atoms with Crippen LogP contribution in [0.25, 0.3) is 27.6 Å². The molecule has 4 nitrogen and oxygen atoms in total. The smallest absolute Gasteiger partial charge is 0.345 e. The maximum absolute atomic E-state index is 11.8. The van der Waals surface area contributed by atoms with Gasteiger partial charge in [-0.25, -0.2) is 9.59 Å². The second-order valence-corrected chi connectivity index (χ2v) is 5.66. The van der Waals surface area contributed by atoms with E-state index < -0.39 is 11.9 Å². The number of ether oxygens (including phenoxy) is 2. The predicted molar refractivity (Wildman–Crippen MR) is 103 cm³/mol. The predicted octanol–water partition coefficient (Wildman–Crippen LogP) is 4.28. The van der Waals surface area contributed by atoms with Crippen LogP contribution < -0.4 is 0 Å². The Kier molecular flexibility index (Phi) is 5.13. The maximum Gasteiger partial charge on any atom is 0.345 e. The van der Waals surface area contributed by atoms with Crippen LogP contribution in [0.5, 0.6) is 0 Å². The van der Waals surface area contributed by atoms with E-state index in [0.29, 0.717) is 0 Å². The van der Waals surface area contributed by atoms with Crippen molar-refractivity contribution in [2.24, 2.45) is 0 Å². The van der Waals surface area contributed by atoms with Crippen molar-refractivity contribution in [1.82, 2.24) is 0 Å². The Morgan fingerprint density at radius 3 is 1.81 bits per heavy atom. The van der Waals surface area contributed by atoms with Crippen LogP contribution in [0.15, 0.2) is 72.3 Å². The minimum atomic E-state index is -0.732. The molecule has 0 amide bonds. The number of esters is 2. The number of hydrogen-bond acceptors (Lipinski definition) is 4. The van der Waals surface area contributed by atoms with E-state index in [1.807, 2.05) is 42.5 Å². The van der Waals surface area contributed by atoms with Crippen LogP contribution in [0.3, 0.4) is 0 Å². The molecule has 0 fully saturated rings. The van der Waals surface area contributed by atoms with E-state index in [2.05, 4.69) is 27.7 Å². The number of benzene rings is 3. The number of carbonyl (C=O) groups excluding carboxylic acids is 2. The van der Waals surface area contributed by atoms with Gasteiger partial charge in [0.2, 0.25) is 0 Å². The third-order valence-electron chi connectivity index (χ3n) is 4.15. The summed E-state index contributed by atoms with van der Waals surface area (Å²) < 4.78 is 9.27. The summed E-state index contributed by atoms with van der Waals surface area (Å²) in [4.78, 5) is 23.5. The van der Waals surface area contributed by atoms with E-state index in [0.717, 1.165) is 27.1 Å². The molecule has 130 valence electrons. The van der Waals surface area contributed by atoms with Gasteiger partial charge in [0.25, 0.3) is 0 Å². The summed E-state index contributed by atoms with van der Waals surface area (Å²) in [6.45, 7) is 0. The molecule has 0 aromatic heterocycles. The van der Waals surface area contributed by atoms with Gasteiger partial charge < -0.3 is 9.47 Å². The lowest BCUT2D eigenvalue weighted by Gasteiger charge is -2.08. The monoisotopic (exact) mass is 346 g/mol. The van der Waals surface area contributed by atoms with E-state index >= 15 is 0 Å². The molecule has 0 aliphatic carbocycles. The van der Waals surface area contributed by atoms with Crippen LogP contribution in [0.4, 0.5) is 0 Å². The largest absolute Gasteiger partial charge is 0.465 e. The standard InChI is InChI=1S/C22H18O4/c1-25-21(23)20(22(24)26-2)13-7-12-19-17-10-5-3-8-15(17)14-16-9-4-6-11-18(16)19/h3-14H,1-2H3. The molecule has 0 spiro atoms. The molecular formula is C22H18O4. The summed E-state index contributed by atoms with van der Waals surface area (Å²) in [5.41, 5.74) is 0.861. The number of carbonyl (C=O) groups is 2. The highest BCUT2D eigenvalue weighted by molar-refractivity contribution is 6.14. The number of hydrogen-bond donors (Lipinski definition) is 0. The molecule has 0 unspecified atom stereocenters. The van der Waals surface area contributed by atoms with Gasteiger partial charge in [0.15, 0.2) is 0 Å². The zero-order valence-corrected chi connectivity index (χ0v) is 14.6. The molecule has 26 heavy (non-hydrogen) atoms. The van der Waals surface area contributed by atoms with Gasteiger partial charge in [-0.1, -0.05) is 60.7 Å². The Hall–Kier alpha value is -3.40. The van der Waals surface area contributed by atoms with Crippen molar-refractivity contribution >= 4 is 39.6 Å². The van der Waals surface area contributed by atoms with Gasteiger partial charge in [0.05, 0.1) is 14.2 Å². The van der Waals surface area contributed by atoms with Gasteiger partial charge in [-0.15, -0.1) is 0 Å². The molecule has 0 heterocycles. The van der Waals surface area contributed by atoms with Crippen LogP contribution in [0, 0.1) is 0 Å². The Labute approximate surface area is 151 Å². The molecule has 0 atom stereocenters. The molecule has 0 aliphatic heterocycles. The molecule has 0 saturated carbocycles. The van der Waals surface area contributed by atoms with Crippen LogP contribution in [-0.2, 0) is 19.1 Å². The lowest BCUT2D eigenvalue weighted by molar-refractivity contribution is -0.144. The zero-order valence-electron chi connectivity index (χ0n) is 14.6. The highest BCUT2D eigenvalue weighted by Crippen LogP contribution is 2.29. The Morgan fingerprint density at radius 1 is 0.808 bits per heavy atom. The summed E-state index contributed by atoms with van der Waals surface area (Å²) in [5.74, 6) is -1.46. The van der Waals surface area contributed by atoms with Crippen molar-refractivity contribution in [2.75, 3.05) is 14.2 Å². The molecule has 0 bridgehead atoms. The van der Waals surface area contributed by atoms with Gasteiger partial charge in [-0.05, 0) is 39.3 Å². The zero-order chi connectivity index (χ0) is 18.5. The summed E-state index contributed by atoms with van der Waals surface area (Å²) in [6, 6.07) is 18.3. The van der Waals surface area contributed by atoms with Crippen LogP contribution >= 0.6 is 0 Å². The average Bonchev–Trinajstić information content (AvgIpc) is 2.69. The first kappa shape index (κ1) is 17.4. The van der Waals surface area contributed by atoms with Crippen molar-refractivity contribution in [3.63, 3.8) is 0 Å². The SMILES string of the molecule is COC(=O)C(=CC=Cc1c2ccccc2cc2ccccc12)C(=O)OC. The Bertz CT molecular complexity index is 972. The van der Waals surface area contributed by atoms with Gasteiger partial charge in [0.1, 0.15) is 5.57 Å². The molecule has 3 aromatic carbocycles. The molecular weight excluding hydrogens is 328 g/mol. The van der Waals surface area contributed by atoms with E-state index in [9.17, 15) is 9.59 Å². The first-order valence-corrected chi connectivity index (χ1v) is 8.11. The third-order valence-corrected chi connectivity index (χ3v) is 4.15. The lowest BCUT2D eigenvalue weighted by atomic mass is 9.96. The van der Waals surface area contributed by atoms with Crippen LogP contribution in [0.1, 0.15) is 5.56 Å². The Morgan fingerprint density at radius 2 is 1.31 bits per heavy atom. The molecule has 0 radical (unpaired) electrons. The number of rotatable bonds is 4. The first-order chi connectivity index (χ1) is 12.7. The fraction of sp³-hybridized carbons (Fsp3) is 0.0909. The summed E-state index contributed by atoms with van der Waals surface area (Å²) in [5, 5.41) is 4.43. The normalized spacial score (nSPS) is 10.8. The summed E-state index contributed by atoms with van der Waals surface area (Å²) in [6.07, 6.45) is 4.96. The molecule has 0 saturated heterocycles. The minimum absolute atomic E-state index is 0.157. The topological polar surface area (TPSA) is 52.6 Å². The van der Waals surface area contributed by atoms with Crippen molar-refractivity contribution in [3.8, 4) is 0 Å². The molecule has 0 N–H and O–H groups in total. The van der Waals surface area contributed by atoms with Gasteiger partial charge in [0, 0.05) is 0 Å². The number of allylic oxidation sites excluding steroid dienone is 2. The van der Waals surface area contributed by atoms with Crippen molar-refractivity contribution < 1.29 is 19.1 Å². The van der Waals surface area contributed by atoms with E-state index in [1.54, 1.807) is 6.08 Å². The molecule has 3 aromatic rings. The fourth-order valence-electron chi connectivity index (χ4n) is 2.91. The molecule has 3 rings (SSSR count). The van der Waals surface area contributed by atoms with Crippen molar-refractivity contribution in [2.45, 2.75) is 0 Å². The first-order valence-electron chi connectivity index (χ1n) is 8.11. The molecule has 4 heteroatoms. The van der Waals surface area contributed by atoms with Gasteiger partial charge in [-0.2, -0.15) is 0 Å². The number of methoxy groups -OCH3 is 2. The number of fused-ring (bicyclic) bond motifs is 2. The van der Waals surface area contributed by atoms with Gasteiger partial charge in [-0.3, -0.25) is 0 Å². The fourth-order valence-corrected chi connectivity index (χ4v) is 2.91. The average molecular weight is 346 g/mol. The minimum Gasteiger partial charge on any atom is -0.465 e. The third kappa shape index (κ3) is 3.35. The van der Waals surface area contributed by atoms with E-state index in [1.165, 1.54) is 20.3 Å². The highest BCUT2D eigenvalue weighted by Gasteiger charge is 2.18. The summed E-state index contributed by atoms with van der Waals surface area (Å²) >= 11 is 0. The van der Waals surface area contributed by atoms with Crippen molar-refractivity contribution in [1.29, 1.82) is 0 Å². The van der Waals surface area contributed by atoms with Gasteiger partial charge >= 0.3 is 11.9 Å². The second-order valence-electron chi connectivity index (χ2n) is 5.66. The maximum atomic E-state index is 11.8. The molecule has 0 aliphatic rings. The second kappa shape index (κ2) is 7.66. The summed E-state index contributed by atoms with van der Waals surface area (Å²) in [7, 11) is 2.45. The van der Waals surface area contributed by atoms with Crippen LogP contribution in [-0.4, -0.2) is 26.2 Å². The van der Waals surface area contributed by atoms with Crippen LogP contribution in [0.2, 0.25) is 0 Å². The Balaban J connectivity index is 2.14. The highest BCUT2D eigenvalue weighted by atomic mass is 16.5. The quantitative estimate of drug-likeness (QED) is 0.177. The van der Waals surface area contributed by atoms with E-state index in [-0.39, 0.29) is 5.57 Å². The van der Waals surface area contributed by atoms with E-state index in [4.69, 9.17) is 0 Å². The van der Waals surface area contributed by atoms with Crippen molar-refractivity contribution in [3.05, 3.63) is 77.9 Å². The lowest BCUT2D eigenvalue weighted by Crippen LogP contribution is -2.15.